The molecular formula is C25H31N2O13P3S2. The molecule has 2 aliphatic rings. The molecule has 1 aliphatic carbocycles. The van der Waals surface area contributed by atoms with Gasteiger partial charge in [0.05, 0.1) is 25.4 Å². The lowest BCUT2D eigenvalue weighted by Crippen LogP contribution is -2.26. The summed E-state index contributed by atoms with van der Waals surface area (Å²) in [5.41, 5.74) is 1.28. The van der Waals surface area contributed by atoms with Crippen LogP contribution in [0, 0.1) is 11.8 Å². The number of carbonyl (C=O) groups is 1. The van der Waals surface area contributed by atoms with Crippen molar-refractivity contribution < 1.29 is 60.7 Å². The van der Waals surface area contributed by atoms with E-state index in [0.717, 1.165) is 5.03 Å². The summed E-state index contributed by atoms with van der Waals surface area (Å²) in [6.45, 7) is -0.570. The highest BCUT2D eigenvalue weighted by atomic mass is 33.1. The Morgan fingerprint density at radius 3 is 2.60 bits per heavy atom. The summed E-state index contributed by atoms with van der Waals surface area (Å²) in [5, 5.41) is 14.0. The van der Waals surface area contributed by atoms with Crippen molar-refractivity contribution in [3.8, 4) is 11.8 Å². The van der Waals surface area contributed by atoms with Crippen LogP contribution in [-0.4, -0.2) is 75.0 Å². The van der Waals surface area contributed by atoms with Gasteiger partial charge in [-0.15, -0.1) is 0 Å². The summed E-state index contributed by atoms with van der Waals surface area (Å²) in [4.78, 5) is 44.6. The third-order valence-corrected chi connectivity index (χ3v) is 12.1. The fourth-order valence-electron chi connectivity index (χ4n) is 3.52. The van der Waals surface area contributed by atoms with Crippen LogP contribution in [0.15, 0.2) is 77.0 Å². The van der Waals surface area contributed by atoms with Crippen LogP contribution in [0.4, 0.5) is 0 Å². The number of nitrogens with zero attached hydrogens (tertiary/aromatic N) is 1. The Bertz CT molecular complexity index is 1510. The first-order valence-corrected chi connectivity index (χ1v) is 19.8. The average Bonchev–Trinajstić information content (AvgIpc) is 3.33. The zero-order valence-corrected chi connectivity index (χ0v) is 27.9. The summed E-state index contributed by atoms with van der Waals surface area (Å²) >= 11 is 0. The van der Waals surface area contributed by atoms with Gasteiger partial charge >= 0.3 is 23.5 Å². The maximum absolute atomic E-state index is 12.1. The molecule has 0 saturated carbocycles. The summed E-state index contributed by atoms with van der Waals surface area (Å²) in [7, 11) is -12.2. The lowest BCUT2D eigenvalue weighted by atomic mass is 10.0. The molecule has 1 aliphatic heterocycles. The molecule has 246 valence electrons. The number of nitrogens with one attached hydrogen (secondary N) is 1. The monoisotopic (exact) mass is 724 g/mol. The first-order valence-electron chi connectivity index (χ1n) is 12.9. The Kier molecular flexibility index (Phi) is 15.0. The minimum Gasteiger partial charge on any atom is -0.390 e. The minimum absolute atomic E-state index is 0.0905. The van der Waals surface area contributed by atoms with Crippen molar-refractivity contribution in [2.75, 3.05) is 26.0 Å². The molecule has 5 N–H and O–H groups in total. The van der Waals surface area contributed by atoms with Crippen LogP contribution < -0.4 is 5.32 Å². The van der Waals surface area contributed by atoms with Crippen molar-refractivity contribution in [3.63, 3.8) is 0 Å². The normalized spacial score (nSPS) is 25.5. The average molecular weight is 725 g/mol. The first-order chi connectivity index (χ1) is 21.3. The van der Waals surface area contributed by atoms with Gasteiger partial charge in [-0.05, 0) is 40.7 Å². The fourth-order valence-corrected chi connectivity index (χ4v) is 8.66. The molecule has 1 saturated heterocycles. The third-order valence-electron chi connectivity index (χ3n) is 5.57. The molecule has 15 nitrogen and oxygen atoms in total. The standard InChI is InChI=1S/C25H31N2O13P3S2/c1-36-41(30,31)39-43(34,35)40-42(32,33)37-18-23-21(28)17-22(38-23)20-9-3-2-7-19(11-12-20)8-6-15-26-24(29)13-16-44-45-25-10-4-5-14-27-25/h2-5,7,9-12,14,21-23,28H,13,15-18H2,1H3,(H,26,29)(H,30,31)(H,32,33)(H,34,35)/b3-2?,7-2-,9-3?,12-11?,19-7?,19-11+,20-9?,20-12?/t21-,22-,23-/m1/s1. The first kappa shape index (κ1) is 37.6. The number of hydrogen-bond acceptors (Lipinski definition) is 13. The van der Waals surface area contributed by atoms with Gasteiger partial charge in [0.2, 0.25) is 5.91 Å². The number of rotatable bonds is 15. The van der Waals surface area contributed by atoms with Gasteiger partial charge in [0.1, 0.15) is 11.1 Å². The van der Waals surface area contributed by atoms with Crippen molar-refractivity contribution in [2.24, 2.45) is 0 Å². The van der Waals surface area contributed by atoms with E-state index in [0.29, 0.717) is 30.4 Å². The number of phosphoric ester groups is 2. The zero-order chi connectivity index (χ0) is 32.9. The number of allylic oxidation sites excluding steroid dienone is 6. The second-order valence-corrected chi connectivity index (χ2v) is 16.1. The molecule has 3 unspecified atom stereocenters. The third kappa shape index (κ3) is 14.2. The van der Waals surface area contributed by atoms with Crippen LogP contribution in [0.2, 0.25) is 0 Å². The Hall–Kier alpha value is -1.83. The van der Waals surface area contributed by atoms with Gasteiger partial charge < -0.3 is 29.8 Å². The summed E-state index contributed by atoms with van der Waals surface area (Å²) in [5.74, 6) is 6.37. The number of aromatic nitrogens is 1. The lowest BCUT2D eigenvalue weighted by molar-refractivity contribution is -0.120. The molecule has 6 atom stereocenters. The number of pyridine rings is 1. The molecule has 1 aromatic rings. The maximum atomic E-state index is 12.1. The molecule has 0 bridgehead atoms. The number of phosphoric acid groups is 3. The fraction of sp³-hybridized carbons (Fsp3) is 0.360. The number of aliphatic hydroxyl groups is 1. The number of hydrogen-bond donors (Lipinski definition) is 5. The number of carbonyl (C=O) groups excluding carboxylic acids is 1. The summed E-state index contributed by atoms with van der Waals surface area (Å²) in [6, 6.07) is 5.64. The second kappa shape index (κ2) is 17.9. The van der Waals surface area contributed by atoms with Gasteiger partial charge in [-0.2, -0.15) is 8.62 Å². The van der Waals surface area contributed by atoms with Crippen LogP contribution in [0.3, 0.4) is 0 Å². The maximum Gasteiger partial charge on any atom is 0.490 e. The van der Waals surface area contributed by atoms with Crippen LogP contribution in [-0.2, 0) is 40.9 Å². The molecule has 0 aromatic carbocycles. The second-order valence-electron chi connectivity index (χ2n) is 8.92. The highest BCUT2D eigenvalue weighted by molar-refractivity contribution is 8.76. The van der Waals surface area contributed by atoms with Gasteiger partial charge in [-0.25, -0.2) is 18.7 Å². The quantitative estimate of drug-likeness (QED) is 0.0751. The van der Waals surface area contributed by atoms with Crippen molar-refractivity contribution in [1.29, 1.82) is 0 Å². The van der Waals surface area contributed by atoms with E-state index in [2.05, 4.69) is 39.8 Å². The largest absolute Gasteiger partial charge is 0.490 e. The van der Waals surface area contributed by atoms with Gasteiger partial charge in [0.15, 0.2) is 0 Å². The Morgan fingerprint density at radius 1 is 1.11 bits per heavy atom. The van der Waals surface area contributed by atoms with E-state index in [1.807, 2.05) is 18.2 Å². The van der Waals surface area contributed by atoms with Crippen molar-refractivity contribution in [2.45, 2.75) is 36.2 Å². The molecule has 3 rings (SSSR count). The molecule has 1 aromatic heterocycles. The Balaban J connectivity index is 1.46. The van der Waals surface area contributed by atoms with E-state index in [1.165, 1.54) is 21.6 Å². The molecule has 45 heavy (non-hydrogen) atoms. The van der Waals surface area contributed by atoms with Crippen LogP contribution in [0.1, 0.15) is 12.8 Å². The number of ether oxygens (including phenoxy) is 1. The number of amides is 1. The van der Waals surface area contributed by atoms with Crippen LogP contribution >= 0.6 is 45.1 Å². The molecule has 20 heteroatoms. The zero-order valence-electron chi connectivity index (χ0n) is 23.6. The van der Waals surface area contributed by atoms with E-state index >= 15 is 0 Å². The summed E-state index contributed by atoms with van der Waals surface area (Å²) < 4.78 is 57.3. The van der Waals surface area contributed by atoms with E-state index in [9.17, 15) is 33.4 Å². The SMILES string of the molecule is COP(=O)(O)OP(=O)(O)OP(=O)(O)OC[C@H]1O[C@@H](C2=C/C=C(C#CCNC(=O)CCSSc3ccccn3)\C=C/C=C2)C[C@H]1O. The van der Waals surface area contributed by atoms with E-state index in [1.54, 1.807) is 42.7 Å². The molecule has 1 amide bonds. The predicted octanol–water partition coefficient (Wildman–Crippen LogP) is 3.83. The van der Waals surface area contributed by atoms with E-state index in [4.69, 9.17) is 9.63 Å². The van der Waals surface area contributed by atoms with E-state index in [-0.39, 0.29) is 18.9 Å². The predicted molar refractivity (Wildman–Crippen MR) is 166 cm³/mol. The van der Waals surface area contributed by atoms with E-state index < -0.39 is 48.4 Å². The molecule has 0 spiro atoms. The van der Waals surface area contributed by atoms with Crippen molar-refractivity contribution in [1.82, 2.24) is 10.3 Å². The lowest BCUT2D eigenvalue weighted by Gasteiger charge is -2.20. The molecule has 1 fully saturated rings. The number of aliphatic hydroxyl groups excluding tert-OH is 1. The molecule has 0 radical (unpaired) electrons. The smallest absolute Gasteiger partial charge is 0.390 e. The molecule has 2 heterocycles. The van der Waals surface area contributed by atoms with Gasteiger partial charge in [0, 0.05) is 37.5 Å². The summed E-state index contributed by atoms with van der Waals surface area (Å²) in [6.07, 6.45) is 9.66. The van der Waals surface area contributed by atoms with Crippen molar-refractivity contribution in [3.05, 3.63) is 72.0 Å². The van der Waals surface area contributed by atoms with Gasteiger partial charge in [-0.3, -0.25) is 13.8 Å². The molecular weight excluding hydrogens is 693 g/mol. The highest BCUT2D eigenvalue weighted by Gasteiger charge is 2.43. The minimum atomic E-state index is -5.55. The Morgan fingerprint density at radius 2 is 1.87 bits per heavy atom. The highest BCUT2D eigenvalue weighted by Crippen LogP contribution is 2.67. The van der Waals surface area contributed by atoms with Crippen LogP contribution in [0.5, 0.6) is 0 Å². The Labute approximate surface area is 267 Å². The van der Waals surface area contributed by atoms with Crippen molar-refractivity contribution >= 4 is 51.0 Å². The van der Waals surface area contributed by atoms with Gasteiger partial charge in [-0.1, -0.05) is 53.0 Å². The van der Waals surface area contributed by atoms with Crippen LogP contribution in [0.25, 0.3) is 0 Å². The van der Waals surface area contributed by atoms with Gasteiger partial charge in [0.25, 0.3) is 0 Å². The topological polar surface area (TPSA) is 220 Å².